The van der Waals surface area contributed by atoms with E-state index in [1.54, 1.807) is 19.4 Å². The predicted octanol–water partition coefficient (Wildman–Crippen LogP) is 2.61. The molecule has 154 valence electrons. The lowest BCUT2D eigenvalue weighted by molar-refractivity contribution is 0.0729. The van der Waals surface area contributed by atoms with Gasteiger partial charge in [-0.1, -0.05) is 12.1 Å². The molecule has 2 aromatic rings. The van der Waals surface area contributed by atoms with E-state index in [2.05, 4.69) is 10.2 Å². The molecule has 1 aromatic carbocycles. The van der Waals surface area contributed by atoms with Crippen LogP contribution in [0.4, 0.5) is 4.39 Å². The normalized spacial score (nSPS) is 26.3. The molecule has 1 unspecified atom stereocenters. The molecule has 3 heterocycles. The van der Waals surface area contributed by atoms with Crippen LogP contribution in [0.1, 0.15) is 45.3 Å². The number of carbonyl (C=O) groups excluding carboxylic acids is 1. The highest BCUT2D eigenvalue weighted by atomic mass is 19.1. The van der Waals surface area contributed by atoms with Crippen molar-refractivity contribution >= 4 is 5.91 Å². The second kappa shape index (κ2) is 7.55. The van der Waals surface area contributed by atoms with Gasteiger partial charge in [-0.2, -0.15) is 0 Å². The van der Waals surface area contributed by atoms with E-state index >= 15 is 0 Å². The molecule has 0 radical (unpaired) electrons. The van der Waals surface area contributed by atoms with Gasteiger partial charge in [-0.15, -0.1) is 0 Å². The third kappa shape index (κ3) is 3.27. The first kappa shape index (κ1) is 18.8. The molecule has 3 atom stereocenters. The van der Waals surface area contributed by atoms with Crippen molar-refractivity contribution in [3.8, 4) is 0 Å². The van der Waals surface area contributed by atoms with Gasteiger partial charge in [-0.3, -0.25) is 9.69 Å². The lowest BCUT2D eigenvalue weighted by atomic mass is 10.1. The number of halogens is 1. The Morgan fingerprint density at radius 2 is 2.17 bits per heavy atom. The van der Waals surface area contributed by atoms with E-state index in [9.17, 15) is 9.18 Å². The minimum absolute atomic E-state index is 0.120. The summed E-state index contributed by atoms with van der Waals surface area (Å²) < 4.78 is 30.8. The van der Waals surface area contributed by atoms with Gasteiger partial charge in [-0.25, -0.2) is 4.39 Å². The Morgan fingerprint density at radius 3 is 3.03 bits per heavy atom. The molecule has 6 nitrogen and oxygen atoms in total. The minimum Gasteiger partial charge on any atom is -0.459 e. The first-order valence-electron chi connectivity index (χ1n) is 10.2. The van der Waals surface area contributed by atoms with Crippen LogP contribution in [0.2, 0.25) is 0 Å². The molecule has 1 aliphatic carbocycles. The smallest absolute Gasteiger partial charge is 0.287 e. The van der Waals surface area contributed by atoms with E-state index in [0.717, 1.165) is 35.1 Å². The van der Waals surface area contributed by atoms with Gasteiger partial charge in [-0.05, 0) is 30.0 Å². The summed E-state index contributed by atoms with van der Waals surface area (Å²) in [5.41, 5.74) is 3.77. The zero-order valence-corrected chi connectivity index (χ0v) is 16.4. The van der Waals surface area contributed by atoms with Gasteiger partial charge in [0.05, 0.1) is 31.6 Å². The summed E-state index contributed by atoms with van der Waals surface area (Å²) in [7, 11) is 1.67. The molecular weight excluding hydrogens is 375 g/mol. The zero-order valence-electron chi connectivity index (χ0n) is 16.4. The Morgan fingerprint density at radius 1 is 1.28 bits per heavy atom. The molecule has 1 fully saturated rings. The predicted molar refractivity (Wildman–Crippen MR) is 103 cm³/mol. The number of methoxy groups -OCH3 is 1. The van der Waals surface area contributed by atoms with Crippen molar-refractivity contribution in [2.75, 3.05) is 26.8 Å². The number of carbonyl (C=O) groups is 1. The van der Waals surface area contributed by atoms with Crippen molar-refractivity contribution in [3.63, 3.8) is 0 Å². The largest absolute Gasteiger partial charge is 0.459 e. The van der Waals surface area contributed by atoms with E-state index < -0.39 is 0 Å². The van der Waals surface area contributed by atoms with Gasteiger partial charge in [0.2, 0.25) is 0 Å². The highest BCUT2D eigenvalue weighted by molar-refractivity contribution is 5.93. The Bertz CT molecular complexity index is 928. The van der Waals surface area contributed by atoms with E-state index in [-0.39, 0.29) is 29.9 Å². The standard InChI is InChI=1S/C22H25FN2O4/c1-27-20-10-25(19-6-5-15-16(19)3-2-4-17(15)23)9-18(20)24-22(26)21-14-7-8-28-11-13(14)12-29-21/h2-4,12,18-20H,5-11H2,1H3,(H,24,26)/t18-,19?,20-/m1/s1. The fraction of sp³-hybridized carbons (Fsp3) is 0.500. The van der Waals surface area contributed by atoms with Crippen LogP contribution in [0.3, 0.4) is 0 Å². The highest BCUT2D eigenvalue weighted by Crippen LogP contribution is 2.39. The van der Waals surface area contributed by atoms with Crippen molar-refractivity contribution < 1.29 is 23.1 Å². The van der Waals surface area contributed by atoms with E-state index in [1.807, 2.05) is 6.07 Å². The Kier molecular flexibility index (Phi) is 4.89. The molecule has 7 heteroatoms. The van der Waals surface area contributed by atoms with Gasteiger partial charge in [0.1, 0.15) is 5.82 Å². The van der Waals surface area contributed by atoms with E-state index in [1.165, 1.54) is 6.07 Å². The van der Waals surface area contributed by atoms with Crippen LogP contribution in [0.5, 0.6) is 0 Å². The number of rotatable bonds is 4. The molecular formula is C22H25FN2O4. The molecule has 3 aliphatic rings. The molecule has 0 spiro atoms. The number of benzene rings is 1. The van der Waals surface area contributed by atoms with Gasteiger partial charge >= 0.3 is 0 Å². The third-order valence-corrected chi connectivity index (χ3v) is 6.48. The molecule has 29 heavy (non-hydrogen) atoms. The lowest BCUT2D eigenvalue weighted by Crippen LogP contribution is -2.43. The van der Waals surface area contributed by atoms with Crippen molar-refractivity contribution in [1.29, 1.82) is 0 Å². The maximum atomic E-state index is 14.1. The Balaban J connectivity index is 1.31. The van der Waals surface area contributed by atoms with Crippen LogP contribution < -0.4 is 5.32 Å². The van der Waals surface area contributed by atoms with Crippen LogP contribution in [-0.4, -0.2) is 49.8 Å². The average Bonchev–Trinajstić information content (AvgIpc) is 3.44. The quantitative estimate of drug-likeness (QED) is 0.855. The van der Waals surface area contributed by atoms with Crippen molar-refractivity contribution in [1.82, 2.24) is 10.2 Å². The number of nitrogens with one attached hydrogen (secondary N) is 1. The maximum Gasteiger partial charge on any atom is 0.287 e. The Labute approximate surface area is 169 Å². The number of hydrogen-bond donors (Lipinski definition) is 1. The van der Waals surface area contributed by atoms with Crippen LogP contribution >= 0.6 is 0 Å². The molecule has 2 aliphatic heterocycles. The number of ether oxygens (including phenoxy) is 2. The summed E-state index contributed by atoms with van der Waals surface area (Å²) in [6, 6.07) is 5.33. The minimum atomic E-state index is -0.208. The first-order chi connectivity index (χ1) is 14.2. The monoisotopic (exact) mass is 400 g/mol. The molecule has 1 N–H and O–H groups in total. The first-order valence-corrected chi connectivity index (χ1v) is 10.2. The van der Waals surface area contributed by atoms with E-state index in [4.69, 9.17) is 13.9 Å². The molecule has 1 amide bonds. The number of nitrogens with zero attached hydrogens (tertiary/aromatic N) is 1. The fourth-order valence-electron chi connectivity index (χ4n) is 5.00. The average molecular weight is 400 g/mol. The third-order valence-electron chi connectivity index (χ3n) is 6.48. The summed E-state index contributed by atoms with van der Waals surface area (Å²) in [6.07, 6.45) is 3.81. The number of furan rings is 1. The van der Waals surface area contributed by atoms with Gasteiger partial charge in [0.15, 0.2) is 5.76 Å². The van der Waals surface area contributed by atoms with Gasteiger partial charge in [0, 0.05) is 43.8 Å². The SMILES string of the molecule is CO[C@@H]1CN(C2CCc3c(F)cccc32)C[C@H]1NC(=O)c1occ2c1CCOC2. The second-order valence-corrected chi connectivity index (χ2v) is 8.04. The summed E-state index contributed by atoms with van der Waals surface area (Å²) in [4.78, 5) is 15.2. The summed E-state index contributed by atoms with van der Waals surface area (Å²) >= 11 is 0. The van der Waals surface area contributed by atoms with Crippen LogP contribution in [0.25, 0.3) is 0 Å². The second-order valence-electron chi connectivity index (χ2n) is 8.04. The summed E-state index contributed by atoms with van der Waals surface area (Å²) in [5, 5.41) is 3.11. The summed E-state index contributed by atoms with van der Waals surface area (Å²) in [6.45, 7) is 2.45. The maximum absolute atomic E-state index is 14.1. The fourth-order valence-corrected chi connectivity index (χ4v) is 5.00. The van der Waals surface area contributed by atoms with E-state index in [0.29, 0.717) is 38.5 Å². The summed E-state index contributed by atoms with van der Waals surface area (Å²) in [5.74, 6) is 0.0497. The Hall–Kier alpha value is -2.22. The lowest BCUT2D eigenvalue weighted by Gasteiger charge is -2.24. The van der Waals surface area contributed by atoms with Crippen molar-refractivity contribution in [3.05, 3.63) is 58.3 Å². The van der Waals surface area contributed by atoms with Crippen molar-refractivity contribution in [2.24, 2.45) is 0 Å². The number of hydrogen-bond acceptors (Lipinski definition) is 5. The van der Waals surface area contributed by atoms with Crippen LogP contribution in [-0.2, 0) is 28.9 Å². The zero-order chi connectivity index (χ0) is 20.0. The molecule has 0 saturated carbocycles. The topological polar surface area (TPSA) is 63.9 Å². The van der Waals surface area contributed by atoms with Crippen molar-refractivity contribution in [2.45, 2.75) is 44.1 Å². The van der Waals surface area contributed by atoms with Gasteiger partial charge < -0.3 is 19.2 Å². The van der Waals surface area contributed by atoms with Crippen LogP contribution in [0, 0.1) is 5.82 Å². The molecule has 0 bridgehead atoms. The highest BCUT2D eigenvalue weighted by Gasteiger charge is 2.40. The number of likely N-dealkylation sites (tertiary alicyclic amines) is 1. The number of amides is 1. The number of fused-ring (bicyclic) bond motifs is 2. The molecule has 5 rings (SSSR count). The van der Waals surface area contributed by atoms with Crippen LogP contribution in [0.15, 0.2) is 28.9 Å². The molecule has 1 saturated heterocycles. The molecule has 1 aromatic heterocycles. The van der Waals surface area contributed by atoms with Gasteiger partial charge in [0.25, 0.3) is 5.91 Å².